The van der Waals surface area contributed by atoms with E-state index in [2.05, 4.69) is 0 Å². The van der Waals surface area contributed by atoms with Gasteiger partial charge in [-0.25, -0.2) is 0 Å². The number of nitro benzene ring substituents is 1. The molecule has 90 valence electrons. The number of benzene rings is 1. The molecule has 1 aromatic carbocycles. The highest BCUT2D eigenvalue weighted by atomic mass is 35.5. The highest BCUT2D eigenvalue weighted by Crippen LogP contribution is 2.23. The van der Waals surface area contributed by atoms with Crippen molar-refractivity contribution in [3.63, 3.8) is 0 Å². The molecule has 0 radical (unpaired) electrons. The van der Waals surface area contributed by atoms with Crippen molar-refractivity contribution >= 4 is 34.5 Å². The van der Waals surface area contributed by atoms with E-state index in [4.69, 9.17) is 17.3 Å². The van der Waals surface area contributed by atoms with Crippen molar-refractivity contribution in [2.75, 3.05) is 11.6 Å². The Hall–Kier alpha value is -1.95. The summed E-state index contributed by atoms with van der Waals surface area (Å²) >= 11 is 5.26. The molecule has 0 aliphatic heterocycles. The number of alkyl halides is 1. The molecule has 0 bridgehead atoms. The SMILES string of the molecule is Nc1ccc(C(=O)CC(=O)CCl)cc1[N+](=O)[O-]. The number of nitro groups is 1. The van der Waals surface area contributed by atoms with E-state index in [-0.39, 0.29) is 29.2 Å². The van der Waals surface area contributed by atoms with Crippen LogP contribution in [-0.4, -0.2) is 22.4 Å². The molecule has 0 unspecified atom stereocenters. The van der Waals surface area contributed by atoms with Crippen molar-refractivity contribution in [3.8, 4) is 0 Å². The highest BCUT2D eigenvalue weighted by molar-refractivity contribution is 6.29. The van der Waals surface area contributed by atoms with Crippen LogP contribution in [-0.2, 0) is 4.79 Å². The molecule has 1 rings (SSSR count). The number of ketones is 2. The Balaban J connectivity index is 3.00. The van der Waals surface area contributed by atoms with Crippen LogP contribution < -0.4 is 5.73 Å². The van der Waals surface area contributed by atoms with Crippen LogP contribution in [0.25, 0.3) is 0 Å². The largest absolute Gasteiger partial charge is 0.393 e. The number of hydrogen-bond acceptors (Lipinski definition) is 5. The first-order valence-corrected chi connectivity index (χ1v) is 5.14. The van der Waals surface area contributed by atoms with E-state index in [1.807, 2.05) is 0 Å². The first kappa shape index (κ1) is 13.1. The first-order chi connectivity index (χ1) is 7.95. The average Bonchev–Trinajstić information content (AvgIpc) is 2.28. The van der Waals surface area contributed by atoms with Gasteiger partial charge in [-0.3, -0.25) is 19.7 Å². The maximum atomic E-state index is 11.6. The van der Waals surface area contributed by atoms with Gasteiger partial charge >= 0.3 is 0 Å². The van der Waals surface area contributed by atoms with Gasteiger partial charge in [0.05, 0.1) is 17.2 Å². The zero-order valence-electron chi connectivity index (χ0n) is 8.68. The number of carbonyl (C=O) groups excluding carboxylic acids is 2. The van der Waals surface area contributed by atoms with Crippen molar-refractivity contribution in [2.45, 2.75) is 6.42 Å². The molecule has 0 fully saturated rings. The molecule has 0 aliphatic carbocycles. The summed E-state index contributed by atoms with van der Waals surface area (Å²) in [6.07, 6.45) is -0.370. The summed E-state index contributed by atoms with van der Waals surface area (Å²) in [5.41, 5.74) is 5.07. The lowest BCUT2D eigenvalue weighted by molar-refractivity contribution is -0.383. The van der Waals surface area contributed by atoms with Gasteiger partial charge in [-0.15, -0.1) is 11.6 Å². The van der Waals surface area contributed by atoms with E-state index in [0.29, 0.717) is 0 Å². The van der Waals surface area contributed by atoms with Crippen molar-refractivity contribution in [2.24, 2.45) is 0 Å². The number of halogens is 1. The standard InChI is InChI=1S/C10H9ClN2O4/c11-5-7(14)4-10(15)6-1-2-8(12)9(3-6)13(16)17/h1-3H,4-5,12H2. The van der Waals surface area contributed by atoms with Crippen LogP contribution in [0.3, 0.4) is 0 Å². The van der Waals surface area contributed by atoms with E-state index >= 15 is 0 Å². The molecule has 0 atom stereocenters. The Kier molecular flexibility index (Phi) is 4.17. The van der Waals surface area contributed by atoms with Gasteiger partial charge in [-0.1, -0.05) is 0 Å². The molecule has 0 saturated carbocycles. The summed E-state index contributed by atoms with van der Waals surface area (Å²) in [6.45, 7) is 0. The predicted molar refractivity (Wildman–Crippen MR) is 62.2 cm³/mol. The van der Waals surface area contributed by atoms with Crippen molar-refractivity contribution < 1.29 is 14.5 Å². The summed E-state index contributed by atoms with van der Waals surface area (Å²) < 4.78 is 0. The van der Waals surface area contributed by atoms with Gasteiger partial charge in [0.1, 0.15) is 5.69 Å². The van der Waals surface area contributed by atoms with Gasteiger partial charge in [0.15, 0.2) is 11.6 Å². The Bertz CT molecular complexity index is 487. The van der Waals surface area contributed by atoms with Gasteiger partial charge in [-0.2, -0.15) is 0 Å². The molecule has 6 nitrogen and oxygen atoms in total. The zero-order valence-corrected chi connectivity index (χ0v) is 9.44. The highest BCUT2D eigenvalue weighted by Gasteiger charge is 2.17. The van der Waals surface area contributed by atoms with Crippen LogP contribution >= 0.6 is 11.6 Å². The van der Waals surface area contributed by atoms with Crippen molar-refractivity contribution in [3.05, 3.63) is 33.9 Å². The molecule has 0 saturated heterocycles. The Morgan fingerprint density at radius 2 is 2.06 bits per heavy atom. The average molecular weight is 257 g/mol. The fourth-order valence-electron chi connectivity index (χ4n) is 1.20. The second kappa shape index (κ2) is 5.40. The fourth-order valence-corrected chi connectivity index (χ4v) is 1.30. The number of nitrogen functional groups attached to an aromatic ring is 1. The van der Waals surface area contributed by atoms with Crippen LogP contribution in [0.1, 0.15) is 16.8 Å². The number of nitrogens with zero attached hydrogens (tertiary/aromatic N) is 1. The Labute approximate surface area is 102 Å². The number of anilines is 1. The first-order valence-electron chi connectivity index (χ1n) is 4.60. The van der Waals surface area contributed by atoms with E-state index in [9.17, 15) is 19.7 Å². The third-order valence-corrected chi connectivity index (χ3v) is 2.35. The van der Waals surface area contributed by atoms with Gasteiger partial charge in [0.25, 0.3) is 5.69 Å². The molecule has 0 aromatic heterocycles. The maximum absolute atomic E-state index is 11.6. The van der Waals surface area contributed by atoms with Crippen LogP contribution in [0.2, 0.25) is 0 Å². The number of hydrogen-bond donors (Lipinski definition) is 1. The van der Waals surface area contributed by atoms with Crippen molar-refractivity contribution in [1.29, 1.82) is 0 Å². The van der Waals surface area contributed by atoms with Crippen LogP contribution in [0.4, 0.5) is 11.4 Å². The minimum Gasteiger partial charge on any atom is -0.393 e. The molecular formula is C10H9ClN2O4. The Morgan fingerprint density at radius 1 is 1.41 bits per heavy atom. The number of rotatable bonds is 5. The maximum Gasteiger partial charge on any atom is 0.292 e. The Morgan fingerprint density at radius 3 is 2.59 bits per heavy atom. The molecule has 0 heterocycles. The summed E-state index contributed by atoms with van der Waals surface area (Å²) in [5.74, 6) is -1.21. The summed E-state index contributed by atoms with van der Waals surface area (Å²) in [7, 11) is 0. The van der Waals surface area contributed by atoms with Crippen LogP contribution in [0, 0.1) is 10.1 Å². The third kappa shape index (κ3) is 3.25. The lowest BCUT2D eigenvalue weighted by atomic mass is 10.1. The quantitative estimate of drug-likeness (QED) is 0.215. The van der Waals surface area contributed by atoms with E-state index < -0.39 is 16.5 Å². The summed E-state index contributed by atoms with van der Waals surface area (Å²) in [6, 6.07) is 3.65. The van der Waals surface area contributed by atoms with Gasteiger partial charge in [-0.05, 0) is 12.1 Å². The molecule has 2 N–H and O–H groups in total. The van der Waals surface area contributed by atoms with E-state index in [1.54, 1.807) is 0 Å². The molecule has 1 aromatic rings. The van der Waals surface area contributed by atoms with Gasteiger partial charge in [0.2, 0.25) is 0 Å². The van der Waals surface area contributed by atoms with E-state index in [1.165, 1.54) is 12.1 Å². The van der Waals surface area contributed by atoms with Gasteiger partial charge < -0.3 is 5.73 Å². The zero-order chi connectivity index (χ0) is 13.0. The smallest absolute Gasteiger partial charge is 0.292 e. The number of carbonyl (C=O) groups is 2. The second-order valence-electron chi connectivity index (χ2n) is 3.30. The fraction of sp³-hybridized carbons (Fsp3) is 0.200. The molecular weight excluding hydrogens is 248 g/mol. The van der Waals surface area contributed by atoms with E-state index in [0.717, 1.165) is 6.07 Å². The minimum atomic E-state index is -0.685. The van der Waals surface area contributed by atoms with Crippen molar-refractivity contribution in [1.82, 2.24) is 0 Å². The van der Waals surface area contributed by atoms with Crippen LogP contribution in [0.15, 0.2) is 18.2 Å². The molecule has 0 amide bonds. The lowest BCUT2D eigenvalue weighted by Crippen LogP contribution is -2.09. The molecule has 7 heteroatoms. The second-order valence-corrected chi connectivity index (χ2v) is 3.57. The monoisotopic (exact) mass is 256 g/mol. The predicted octanol–water partition coefficient (Wildman–Crippen LogP) is 1.56. The normalized spacial score (nSPS) is 9.94. The van der Waals surface area contributed by atoms with Gasteiger partial charge in [0, 0.05) is 11.6 Å². The number of nitrogens with two attached hydrogens (primary N) is 1. The summed E-state index contributed by atoms with van der Waals surface area (Å²) in [5, 5.41) is 10.6. The molecule has 0 spiro atoms. The number of Topliss-reactive ketones (excluding diaryl/α,β-unsaturated/α-hetero) is 2. The summed E-state index contributed by atoms with van der Waals surface area (Å²) in [4.78, 5) is 32.4. The third-order valence-electron chi connectivity index (χ3n) is 2.06. The van der Waals surface area contributed by atoms with Crippen LogP contribution in [0.5, 0.6) is 0 Å². The topological polar surface area (TPSA) is 103 Å². The molecule has 0 aliphatic rings. The molecule has 17 heavy (non-hydrogen) atoms. The minimum absolute atomic E-state index is 0.0322. The lowest BCUT2D eigenvalue weighted by Gasteiger charge is -2.01.